The van der Waals surface area contributed by atoms with Crippen molar-refractivity contribution in [2.24, 2.45) is 0 Å². The van der Waals surface area contributed by atoms with Crippen LogP contribution in [-0.4, -0.2) is 40.9 Å². The molecule has 0 bridgehead atoms. The van der Waals surface area contributed by atoms with E-state index in [4.69, 9.17) is 4.74 Å². The van der Waals surface area contributed by atoms with Crippen LogP contribution in [0.15, 0.2) is 85.2 Å². The summed E-state index contributed by atoms with van der Waals surface area (Å²) in [7, 11) is 1.56. The molecular formula is C27H27N5O4. The Bertz CT molecular complexity index is 1320. The number of anilines is 1. The molecule has 36 heavy (non-hydrogen) atoms. The average Bonchev–Trinajstić information content (AvgIpc) is 3.41. The molecule has 4 rings (SSSR count). The highest BCUT2D eigenvalue weighted by Crippen LogP contribution is 2.27. The smallest absolute Gasteiger partial charge is 0.293 e. The Morgan fingerprint density at radius 2 is 1.89 bits per heavy atom. The number of nitro groups is 1. The van der Waals surface area contributed by atoms with Gasteiger partial charge in [-0.1, -0.05) is 48.5 Å². The molecule has 9 nitrogen and oxygen atoms in total. The zero-order valence-corrected chi connectivity index (χ0v) is 19.9. The Labute approximate surface area is 208 Å². The first-order valence-electron chi connectivity index (χ1n) is 11.5. The van der Waals surface area contributed by atoms with Gasteiger partial charge in [-0.15, -0.1) is 0 Å². The molecule has 0 fully saturated rings. The largest absolute Gasteiger partial charge is 0.383 e. The van der Waals surface area contributed by atoms with E-state index in [0.717, 1.165) is 22.3 Å². The lowest BCUT2D eigenvalue weighted by Crippen LogP contribution is -2.23. The highest BCUT2D eigenvalue weighted by Gasteiger charge is 2.18. The summed E-state index contributed by atoms with van der Waals surface area (Å²) in [5.41, 5.74) is 4.52. The molecular weight excluding hydrogens is 458 g/mol. The van der Waals surface area contributed by atoms with E-state index < -0.39 is 4.92 Å². The van der Waals surface area contributed by atoms with Crippen molar-refractivity contribution in [2.45, 2.75) is 13.1 Å². The minimum Gasteiger partial charge on any atom is -0.383 e. The van der Waals surface area contributed by atoms with Gasteiger partial charge in [-0.3, -0.25) is 19.6 Å². The molecule has 0 aliphatic rings. The summed E-state index contributed by atoms with van der Waals surface area (Å²) in [5.74, 6) is -0.383. The molecule has 0 radical (unpaired) electrons. The van der Waals surface area contributed by atoms with Gasteiger partial charge in [0.2, 0.25) is 0 Å². The number of carbonyl (C=O) groups excluding carboxylic acids is 1. The van der Waals surface area contributed by atoms with Crippen LogP contribution in [0.4, 0.5) is 11.4 Å². The summed E-state index contributed by atoms with van der Waals surface area (Å²) in [4.78, 5) is 23.8. The van der Waals surface area contributed by atoms with Gasteiger partial charge in [-0.05, 0) is 40.5 Å². The molecule has 4 aromatic rings. The van der Waals surface area contributed by atoms with E-state index in [1.807, 2.05) is 41.2 Å². The summed E-state index contributed by atoms with van der Waals surface area (Å²) < 4.78 is 6.83. The van der Waals surface area contributed by atoms with E-state index in [9.17, 15) is 14.9 Å². The quantitative estimate of drug-likeness (QED) is 0.184. The third-order valence-corrected chi connectivity index (χ3v) is 5.70. The SMILES string of the molecule is COCCNc1ccc(C(=O)NCc2ccccc2-c2ccc(Cn3cccn3)cc2)cc1[N+](=O)[O-]. The van der Waals surface area contributed by atoms with Crippen molar-refractivity contribution in [3.05, 3.63) is 112 Å². The maximum absolute atomic E-state index is 12.8. The normalized spacial score (nSPS) is 10.7. The minimum absolute atomic E-state index is 0.158. The highest BCUT2D eigenvalue weighted by atomic mass is 16.6. The van der Waals surface area contributed by atoms with Crippen molar-refractivity contribution in [3.63, 3.8) is 0 Å². The van der Waals surface area contributed by atoms with Crippen LogP contribution in [0.5, 0.6) is 0 Å². The molecule has 0 saturated heterocycles. The lowest BCUT2D eigenvalue weighted by molar-refractivity contribution is -0.384. The van der Waals surface area contributed by atoms with E-state index in [1.54, 1.807) is 25.4 Å². The van der Waals surface area contributed by atoms with Crippen LogP contribution in [0, 0.1) is 10.1 Å². The zero-order chi connectivity index (χ0) is 25.3. The molecule has 0 spiro atoms. The van der Waals surface area contributed by atoms with Crippen molar-refractivity contribution >= 4 is 17.3 Å². The van der Waals surface area contributed by atoms with E-state index in [-0.39, 0.29) is 23.7 Å². The van der Waals surface area contributed by atoms with Crippen LogP contribution < -0.4 is 10.6 Å². The number of hydrogen-bond acceptors (Lipinski definition) is 6. The average molecular weight is 486 g/mol. The molecule has 9 heteroatoms. The minimum atomic E-state index is -0.503. The Kier molecular flexibility index (Phi) is 8.05. The predicted molar refractivity (Wildman–Crippen MR) is 138 cm³/mol. The van der Waals surface area contributed by atoms with Crippen LogP contribution in [0.1, 0.15) is 21.5 Å². The van der Waals surface area contributed by atoms with E-state index >= 15 is 0 Å². The lowest BCUT2D eigenvalue weighted by atomic mass is 9.98. The number of nitro benzene ring substituents is 1. The maximum Gasteiger partial charge on any atom is 0.293 e. The number of carbonyl (C=O) groups is 1. The Hall–Kier alpha value is -4.50. The number of nitrogens with zero attached hydrogens (tertiary/aromatic N) is 3. The fourth-order valence-electron chi connectivity index (χ4n) is 3.87. The molecule has 1 aromatic heterocycles. The van der Waals surface area contributed by atoms with Gasteiger partial charge < -0.3 is 15.4 Å². The summed E-state index contributed by atoms with van der Waals surface area (Å²) in [5, 5.41) is 21.6. The Morgan fingerprint density at radius 3 is 2.61 bits per heavy atom. The van der Waals surface area contributed by atoms with E-state index in [0.29, 0.717) is 25.4 Å². The molecule has 1 amide bonds. The number of methoxy groups -OCH3 is 1. The van der Waals surface area contributed by atoms with E-state index in [1.165, 1.54) is 6.07 Å². The fourth-order valence-corrected chi connectivity index (χ4v) is 3.87. The molecule has 0 unspecified atom stereocenters. The van der Waals surface area contributed by atoms with Crippen LogP contribution in [0.25, 0.3) is 11.1 Å². The zero-order valence-electron chi connectivity index (χ0n) is 19.9. The molecule has 1 heterocycles. The first kappa shape index (κ1) is 24.6. The van der Waals surface area contributed by atoms with Crippen molar-refractivity contribution in [1.29, 1.82) is 0 Å². The summed E-state index contributed by atoms with van der Waals surface area (Å²) in [6.45, 7) is 1.80. The second kappa shape index (κ2) is 11.8. The lowest BCUT2D eigenvalue weighted by Gasteiger charge is -2.12. The van der Waals surface area contributed by atoms with Gasteiger partial charge >= 0.3 is 0 Å². The standard InChI is InChI=1S/C27H27N5O4/c1-36-16-14-28-25-12-11-22(17-26(25)32(34)35)27(33)29-18-23-5-2-3-6-24(23)21-9-7-20(8-10-21)19-31-15-4-13-30-31/h2-13,15,17,28H,14,16,18-19H2,1H3,(H,29,33). The number of hydrogen-bond donors (Lipinski definition) is 2. The van der Waals surface area contributed by atoms with Gasteiger partial charge in [0.05, 0.1) is 18.1 Å². The molecule has 0 atom stereocenters. The summed E-state index contributed by atoms with van der Waals surface area (Å²) >= 11 is 0. The maximum atomic E-state index is 12.8. The number of amides is 1. The van der Waals surface area contributed by atoms with Crippen LogP contribution >= 0.6 is 0 Å². The first-order chi connectivity index (χ1) is 17.5. The Morgan fingerprint density at radius 1 is 1.08 bits per heavy atom. The molecule has 0 saturated carbocycles. The third kappa shape index (κ3) is 6.13. The van der Waals surface area contributed by atoms with E-state index in [2.05, 4.69) is 40.0 Å². The number of rotatable bonds is 11. The number of ether oxygens (including phenoxy) is 1. The Balaban J connectivity index is 1.45. The van der Waals surface area contributed by atoms with Gasteiger partial charge in [0.1, 0.15) is 5.69 Å². The van der Waals surface area contributed by atoms with Gasteiger partial charge in [0.25, 0.3) is 11.6 Å². The van der Waals surface area contributed by atoms with Crippen LogP contribution in [0.2, 0.25) is 0 Å². The van der Waals surface area contributed by atoms with Gasteiger partial charge in [0, 0.05) is 44.2 Å². The second-order valence-electron chi connectivity index (χ2n) is 8.15. The van der Waals surface area contributed by atoms with Crippen molar-refractivity contribution in [3.8, 4) is 11.1 Å². The molecule has 3 aromatic carbocycles. The topological polar surface area (TPSA) is 111 Å². The van der Waals surface area contributed by atoms with Crippen LogP contribution in [-0.2, 0) is 17.8 Å². The molecule has 2 N–H and O–H groups in total. The first-order valence-corrected chi connectivity index (χ1v) is 11.5. The van der Waals surface area contributed by atoms with Crippen molar-refractivity contribution < 1.29 is 14.5 Å². The van der Waals surface area contributed by atoms with Gasteiger partial charge in [-0.2, -0.15) is 5.10 Å². The van der Waals surface area contributed by atoms with Gasteiger partial charge in [0.15, 0.2) is 0 Å². The third-order valence-electron chi connectivity index (χ3n) is 5.70. The molecule has 0 aliphatic carbocycles. The predicted octanol–water partition coefficient (Wildman–Crippen LogP) is 4.49. The van der Waals surface area contributed by atoms with Crippen molar-refractivity contribution in [2.75, 3.05) is 25.6 Å². The van der Waals surface area contributed by atoms with Crippen LogP contribution in [0.3, 0.4) is 0 Å². The van der Waals surface area contributed by atoms with Crippen molar-refractivity contribution in [1.82, 2.24) is 15.1 Å². The van der Waals surface area contributed by atoms with Gasteiger partial charge in [-0.25, -0.2) is 0 Å². The highest BCUT2D eigenvalue weighted by molar-refractivity contribution is 5.95. The number of aromatic nitrogens is 2. The fraction of sp³-hybridized carbons (Fsp3) is 0.185. The summed E-state index contributed by atoms with van der Waals surface area (Å²) in [6, 6.07) is 22.4. The molecule has 184 valence electrons. The monoisotopic (exact) mass is 485 g/mol. The summed E-state index contributed by atoms with van der Waals surface area (Å²) in [6.07, 6.45) is 3.68. The number of benzene rings is 3. The molecule has 0 aliphatic heterocycles. The number of nitrogens with one attached hydrogen (secondary N) is 2. The second-order valence-corrected chi connectivity index (χ2v) is 8.15.